The molecule has 0 fully saturated rings. The first kappa shape index (κ1) is 15.4. The lowest BCUT2D eigenvalue weighted by molar-refractivity contribution is -0.151. The highest BCUT2D eigenvalue weighted by molar-refractivity contribution is 5.74. The van der Waals surface area contributed by atoms with E-state index in [2.05, 4.69) is 11.3 Å². The summed E-state index contributed by atoms with van der Waals surface area (Å²) in [7, 11) is 1.22. The third-order valence-electron chi connectivity index (χ3n) is 3.14. The molecule has 3 nitrogen and oxygen atoms in total. The molecule has 4 heteroatoms. The van der Waals surface area contributed by atoms with Gasteiger partial charge >= 0.3 is 5.97 Å². The van der Waals surface area contributed by atoms with Crippen molar-refractivity contribution in [3.63, 3.8) is 0 Å². The first-order chi connectivity index (χ1) is 8.81. The second-order valence-electron chi connectivity index (χ2n) is 5.06. The lowest BCUT2D eigenvalue weighted by Gasteiger charge is -2.28. The van der Waals surface area contributed by atoms with Crippen molar-refractivity contribution in [2.75, 3.05) is 7.11 Å². The van der Waals surface area contributed by atoms with Crippen molar-refractivity contribution in [1.82, 2.24) is 0 Å². The smallest absolute Gasteiger partial charge is 0.334 e. The zero-order valence-electron chi connectivity index (χ0n) is 11.4. The Morgan fingerprint density at radius 2 is 2.21 bits per heavy atom. The van der Waals surface area contributed by atoms with Crippen molar-refractivity contribution < 1.29 is 19.0 Å². The largest absolute Gasteiger partial charge is 0.467 e. The first-order valence-corrected chi connectivity index (χ1v) is 6.00. The summed E-state index contributed by atoms with van der Waals surface area (Å²) in [6.45, 7) is 7.36. The fourth-order valence-corrected chi connectivity index (χ4v) is 2.11. The Kier molecular flexibility index (Phi) is 4.84. The maximum atomic E-state index is 13.4. The van der Waals surface area contributed by atoms with Crippen LogP contribution in [0.5, 0.6) is 0 Å². The molecule has 0 bridgehead atoms. The van der Waals surface area contributed by atoms with Crippen LogP contribution in [0, 0.1) is 5.82 Å². The van der Waals surface area contributed by atoms with Crippen LogP contribution < -0.4 is 0 Å². The predicted molar refractivity (Wildman–Crippen MR) is 72.2 cm³/mol. The van der Waals surface area contributed by atoms with Gasteiger partial charge in [0.25, 0.3) is 0 Å². The average Bonchev–Trinajstić information content (AvgIpc) is 2.37. The van der Waals surface area contributed by atoms with Crippen LogP contribution >= 0.6 is 0 Å². The van der Waals surface area contributed by atoms with E-state index in [9.17, 15) is 14.3 Å². The van der Waals surface area contributed by atoms with E-state index in [1.807, 2.05) is 13.8 Å². The SMILES string of the molecule is C=Cc1ccc(F)cc1C(C)(C)CC(O)C(=O)OC. The molecule has 0 saturated heterocycles. The third-order valence-corrected chi connectivity index (χ3v) is 3.14. The molecule has 19 heavy (non-hydrogen) atoms. The van der Waals surface area contributed by atoms with Crippen molar-refractivity contribution in [2.45, 2.75) is 31.8 Å². The number of esters is 1. The van der Waals surface area contributed by atoms with Crippen LogP contribution in [0.4, 0.5) is 4.39 Å². The summed E-state index contributed by atoms with van der Waals surface area (Å²) in [6, 6.07) is 4.39. The average molecular weight is 266 g/mol. The van der Waals surface area contributed by atoms with E-state index < -0.39 is 17.5 Å². The fraction of sp³-hybridized carbons (Fsp3) is 0.400. The van der Waals surface area contributed by atoms with E-state index >= 15 is 0 Å². The van der Waals surface area contributed by atoms with Gasteiger partial charge < -0.3 is 9.84 Å². The molecule has 0 radical (unpaired) electrons. The summed E-state index contributed by atoms with van der Waals surface area (Å²) >= 11 is 0. The second kappa shape index (κ2) is 5.97. The standard InChI is InChI=1S/C15H19FO3/c1-5-10-6-7-11(16)8-12(10)15(2,3)9-13(17)14(18)19-4/h5-8,13,17H,1,9H2,2-4H3. The van der Waals surface area contributed by atoms with Gasteiger partial charge in [0.1, 0.15) is 5.82 Å². The van der Waals surface area contributed by atoms with Crippen molar-refractivity contribution in [1.29, 1.82) is 0 Å². The highest BCUT2D eigenvalue weighted by atomic mass is 19.1. The summed E-state index contributed by atoms with van der Waals surface area (Å²) in [6.07, 6.45) is 0.534. The molecule has 1 aromatic carbocycles. The van der Waals surface area contributed by atoms with E-state index in [4.69, 9.17) is 0 Å². The van der Waals surface area contributed by atoms with Gasteiger partial charge in [-0.3, -0.25) is 0 Å². The number of rotatable bonds is 5. The number of carbonyl (C=O) groups excluding carboxylic acids is 1. The number of hydrogen-bond acceptors (Lipinski definition) is 3. The molecule has 1 N–H and O–H groups in total. The monoisotopic (exact) mass is 266 g/mol. The third kappa shape index (κ3) is 3.64. The van der Waals surface area contributed by atoms with Gasteiger partial charge in [-0.25, -0.2) is 9.18 Å². The predicted octanol–water partition coefficient (Wildman–Crippen LogP) is 2.67. The van der Waals surface area contributed by atoms with Crippen LogP contribution in [0.3, 0.4) is 0 Å². The van der Waals surface area contributed by atoms with E-state index in [-0.39, 0.29) is 12.2 Å². The van der Waals surface area contributed by atoms with Crippen molar-refractivity contribution in [2.24, 2.45) is 0 Å². The Bertz CT molecular complexity index is 480. The Hall–Kier alpha value is -1.68. The molecular weight excluding hydrogens is 247 g/mol. The van der Waals surface area contributed by atoms with E-state index in [0.29, 0.717) is 5.56 Å². The summed E-state index contributed by atoms with van der Waals surface area (Å²) in [5, 5.41) is 9.75. The van der Waals surface area contributed by atoms with Gasteiger partial charge in [-0.05, 0) is 35.1 Å². The molecule has 1 atom stereocenters. The maximum Gasteiger partial charge on any atom is 0.334 e. The van der Waals surface area contributed by atoms with Gasteiger partial charge in [0, 0.05) is 0 Å². The number of aliphatic hydroxyl groups is 1. The van der Waals surface area contributed by atoms with Gasteiger partial charge in [0.15, 0.2) is 6.10 Å². The Labute approximate surface area is 112 Å². The normalized spacial score (nSPS) is 12.9. The summed E-state index contributed by atoms with van der Waals surface area (Å²) < 4.78 is 17.9. The summed E-state index contributed by atoms with van der Waals surface area (Å²) in [5.41, 5.74) is 0.896. The van der Waals surface area contributed by atoms with Gasteiger partial charge in [-0.15, -0.1) is 0 Å². The molecule has 1 aromatic rings. The van der Waals surface area contributed by atoms with Crippen LogP contribution in [0.25, 0.3) is 6.08 Å². The van der Waals surface area contributed by atoms with Crippen molar-refractivity contribution in [3.05, 3.63) is 41.7 Å². The van der Waals surface area contributed by atoms with Crippen molar-refractivity contribution >= 4 is 12.0 Å². The molecule has 0 aliphatic rings. The number of methoxy groups -OCH3 is 1. The number of benzene rings is 1. The minimum atomic E-state index is -1.24. The van der Waals surface area contributed by atoms with Crippen LogP contribution in [-0.2, 0) is 14.9 Å². The zero-order valence-corrected chi connectivity index (χ0v) is 11.4. The van der Waals surface area contributed by atoms with Crippen molar-refractivity contribution in [3.8, 4) is 0 Å². The summed E-state index contributed by atoms with van der Waals surface area (Å²) in [4.78, 5) is 11.3. The van der Waals surface area contributed by atoms with Crippen LogP contribution in [0.15, 0.2) is 24.8 Å². The maximum absolute atomic E-state index is 13.4. The number of carbonyl (C=O) groups is 1. The highest BCUT2D eigenvalue weighted by Gasteiger charge is 2.30. The van der Waals surface area contributed by atoms with Gasteiger partial charge in [-0.2, -0.15) is 0 Å². The molecule has 104 valence electrons. The lowest BCUT2D eigenvalue weighted by Crippen LogP contribution is -2.31. The van der Waals surface area contributed by atoms with Gasteiger partial charge in [0.2, 0.25) is 0 Å². The molecule has 0 heterocycles. The molecular formula is C15H19FO3. The fourth-order valence-electron chi connectivity index (χ4n) is 2.11. The molecule has 0 aromatic heterocycles. The van der Waals surface area contributed by atoms with Crippen LogP contribution in [-0.4, -0.2) is 24.3 Å². The molecule has 0 aliphatic carbocycles. The number of halogens is 1. The lowest BCUT2D eigenvalue weighted by atomic mass is 9.77. The number of ether oxygens (including phenoxy) is 1. The van der Waals surface area contributed by atoms with E-state index in [1.165, 1.54) is 19.2 Å². The Balaban J connectivity index is 3.08. The number of hydrogen-bond donors (Lipinski definition) is 1. The molecule has 0 saturated carbocycles. The minimum absolute atomic E-state index is 0.143. The molecule has 0 amide bonds. The van der Waals surface area contributed by atoms with Crippen LogP contribution in [0.2, 0.25) is 0 Å². The molecule has 0 aliphatic heterocycles. The molecule has 1 unspecified atom stereocenters. The Morgan fingerprint density at radius 3 is 2.74 bits per heavy atom. The molecule has 1 rings (SSSR count). The van der Waals surface area contributed by atoms with Gasteiger partial charge in [-0.1, -0.05) is 32.6 Å². The minimum Gasteiger partial charge on any atom is -0.467 e. The first-order valence-electron chi connectivity index (χ1n) is 6.00. The summed E-state index contributed by atoms with van der Waals surface area (Å²) in [5.74, 6) is -1.05. The highest BCUT2D eigenvalue weighted by Crippen LogP contribution is 2.32. The van der Waals surface area contributed by atoms with Crippen LogP contribution in [0.1, 0.15) is 31.4 Å². The van der Waals surface area contributed by atoms with E-state index in [0.717, 1.165) is 5.56 Å². The Morgan fingerprint density at radius 1 is 1.58 bits per heavy atom. The van der Waals surface area contributed by atoms with E-state index in [1.54, 1.807) is 12.1 Å². The number of aliphatic hydroxyl groups excluding tert-OH is 1. The molecule has 0 spiro atoms. The topological polar surface area (TPSA) is 46.5 Å². The second-order valence-corrected chi connectivity index (χ2v) is 5.06. The quantitative estimate of drug-likeness (QED) is 0.833. The van der Waals surface area contributed by atoms with Gasteiger partial charge in [0.05, 0.1) is 7.11 Å². The zero-order chi connectivity index (χ0) is 14.6.